The fraction of sp³-hybridized carbons (Fsp3) is 0.200. The summed E-state index contributed by atoms with van der Waals surface area (Å²) in [6, 6.07) is 10.1. The molecule has 0 amide bonds. The van der Waals surface area contributed by atoms with E-state index in [0.717, 1.165) is 29.9 Å². The zero-order valence-electron chi connectivity index (χ0n) is 10.6. The molecule has 0 radical (unpaired) electrons. The first-order valence-corrected chi connectivity index (χ1v) is 7.53. The average Bonchev–Trinajstić information content (AvgIpc) is 2.82. The fourth-order valence-corrected chi connectivity index (χ4v) is 3.27. The van der Waals surface area contributed by atoms with Crippen LogP contribution < -0.4 is 0 Å². The van der Waals surface area contributed by atoms with Gasteiger partial charge in [-0.05, 0) is 18.6 Å². The summed E-state index contributed by atoms with van der Waals surface area (Å²) in [6.45, 7) is 2.13. The van der Waals surface area contributed by atoms with E-state index in [2.05, 4.69) is 34.4 Å². The minimum absolute atomic E-state index is 0.517. The molecule has 1 aromatic carbocycles. The molecule has 0 saturated carbocycles. The van der Waals surface area contributed by atoms with Crippen LogP contribution in [-0.2, 0) is 6.42 Å². The standard InChI is InChI=1S/C15H13ClN2S/c1-2-5-10-8-14(16)18-15(17-10)12-9-19-13-7-4-3-6-11(12)13/h3-4,6-9H,2,5H2,1H3. The predicted molar refractivity (Wildman–Crippen MR) is 81.9 cm³/mol. The molecule has 0 atom stereocenters. The van der Waals surface area contributed by atoms with Crippen LogP contribution in [0.1, 0.15) is 19.0 Å². The number of aryl methyl sites for hydroxylation is 1. The number of aromatic nitrogens is 2. The molecule has 4 heteroatoms. The predicted octanol–water partition coefficient (Wildman–Crippen LogP) is 4.96. The van der Waals surface area contributed by atoms with Gasteiger partial charge in [0.15, 0.2) is 5.82 Å². The van der Waals surface area contributed by atoms with Crippen LogP contribution in [0.5, 0.6) is 0 Å². The number of rotatable bonds is 3. The van der Waals surface area contributed by atoms with E-state index < -0.39 is 0 Å². The quantitative estimate of drug-likeness (QED) is 0.636. The Labute approximate surface area is 121 Å². The molecule has 19 heavy (non-hydrogen) atoms. The number of hydrogen-bond acceptors (Lipinski definition) is 3. The van der Waals surface area contributed by atoms with Crippen molar-refractivity contribution < 1.29 is 0 Å². The fourth-order valence-electron chi connectivity index (χ4n) is 2.12. The van der Waals surface area contributed by atoms with Crippen LogP contribution in [0, 0.1) is 0 Å². The molecule has 96 valence electrons. The first-order chi connectivity index (χ1) is 9.28. The molecule has 0 aliphatic heterocycles. The summed E-state index contributed by atoms with van der Waals surface area (Å²) in [5, 5.41) is 3.81. The second kappa shape index (κ2) is 5.27. The third-order valence-electron chi connectivity index (χ3n) is 2.98. The van der Waals surface area contributed by atoms with Gasteiger partial charge in [0.05, 0.1) is 0 Å². The van der Waals surface area contributed by atoms with E-state index in [9.17, 15) is 0 Å². The summed E-state index contributed by atoms with van der Waals surface area (Å²) < 4.78 is 1.25. The molecule has 3 aromatic rings. The zero-order chi connectivity index (χ0) is 13.2. The molecule has 0 fully saturated rings. The van der Waals surface area contributed by atoms with Crippen molar-refractivity contribution in [3.63, 3.8) is 0 Å². The lowest BCUT2D eigenvalue weighted by molar-refractivity contribution is 0.876. The number of thiophene rings is 1. The van der Waals surface area contributed by atoms with Crippen LogP contribution in [0.3, 0.4) is 0 Å². The lowest BCUT2D eigenvalue weighted by atomic mass is 10.1. The van der Waals surface area contributed by atoms with Gasteiger partial charge in [0.1, 0.15) is 5.15 Å². The van der Waals surface area contributed by atoms with E-state index in [1.807, 2.05) is 18.2 Å². The minimum atomic E-state index is 0.517. The van der Waals surface area contributed by atoms with Crippen molar-refractivity contribution in [2.75, 3.05) is 0 Å². The van der Waals surface area contributed by atoms with Gasteiger partial charge in [0.25, 0.3) is 0 Å². The molecule has 0 unspecified atom stereocenters. The number of fused-ring (bicyclic) bond motifs is 1. The summed E-state index contributed by atoms with van der Waals surface area (Å²) >= 11 is 7.82. The molecule has 0 bridgehead atoms. The maximum Gasteiger partial charge on any atom is 0.162 e. The van der Waals surface area contributed by atoms with Gasteiger partial charge in [0, 0.05) is 26.7 Å². The van der Waals surface area contributed by atoms with E-state index in [4.69, 9.17) is 11.6 Å². The smallest absolute Gasteiger partial charge is 0.162 e. The van der Waals surface area contributed by atoms with E-state index in [-0.39, 0.29) is 0 Å². The Morgan fingerprint density at radius 1 is 1.21 bits per heavy atom. The molecule has 0 saturated heterocycles. The molecule has 2 aromatic heterocycles. The van der Waals surface area contributed by atoms with Crippen molar-refractivity contribution in [1.82, 2.24) is 9.97 Å². The highest BCUT2D eigenvalue weighted by Crippen LogP contribution is 2.32. The van der Waals surface area contributed by atoms with Crippen LogP contribution in [0.15, 0.2) is 35.7 Å². The van der Waals surface area contributed by atoms with Crippen molar-refractivity contribution >= 4 is 33.0 Å². The largest absolute Gasteiger partial charge is 0.233 e. The normalized spacial score (nSPS) is 11.1. The first-order valence-electron chi connectivity index (χ1n) is 6.28. The number of halogens is 1. The summed E-state index contributed by atoms with van der Waals surface area (Å²) in [5.41, 5.74) is 2.08. The molecule has 2 nitrogen and oxygen atoms in total. The minimum Gasteiger partial charge on any atom is -0.233 e. The van der Waals surface area contributed by atoms with Crippen LogP contribution in [0.2, 0.25) is 5.15 Å². The van der Waals surface area contributed by atoms with Gasteiger partial charge in [-0.1, -0.05) is 43.1 Å². The van der Waals surface area contributed by atoms with E-state index in [1.54, 1.807) is 11.3 Å². The van der Waals surface area contributed by atoms with Gasteiger partial charge in [-0.25, -0.2) is 9.97 Å². The highest BCUT2D eigenvalue weighted by atomic mass is 35.5. The lowest BCUT2D eigenvalue weighted by Crippen LogP contribution is -1.95. The maximum atomic E-state index is 6.11. The third-order valence-corrected chi connectivity index (χ3v) is 4.13. The molecule has 2 heterocycles. The summed E-state index contributed by atoms with van der Waals surface area (Å²) in [5.74, 6) is 0.730. The lowest BCUT2D eigenvalue weighted by Gasteiger charge is -2.03. The Morgan fingerprint density at radius 3 is 2.89 bits per heavy atom. The average molecular weight is 289 g/mol. The first kappa shape index (κ1) is 12.6. The van der Waals surface area contributed by atoms with Gasteiger partial charge >= 0.3 is 0 Å². The van der Waals surface area contributed by atoms with Gasteiger partial charge in [-0.15, -0.1) is 11.3 Å². The van der Waals surface area contributed by atoms with E-state index >= 15 is 0 Å². The number of benzene rings is 1. The van der Waals surface area contributed by atoms with Crippen molar-refractivity contribution in [3.8, 4) is 11.4 Å². The molecular weight excluding hydrogens is 276 g/mol. The number of hydrogen-bond donors (Lipinski definition) is 0. The molecule has 0 spiro atoms. The maximum absolute atomic E-state index is 6.11. The number of nitrogens with zero attached hydrogens (tertiary/aromatic N) is 2. The van der Waals surface area contributed by atoms with Gasteiger partial charge in [0.2, 0.25) is 0 Å². The highest BCUT2D eigenvalue weighted by molar-refractivity contribution is 7.17. The Balaban J connectivity index is 2.15. The van der Waals surface area contributed by atoms with Gasteiger partial charge < -0.3 is 0 Å². The van der Waals surface area contributed by atoms with E-state index in [0.29, 0.717) is 5.15 Å². The second-order valence-corrected chi connectivity index (χ2v) is 5.70. The zero-order valence-corrected chi connectivity index (χ0v) is 12.1. The van der Waals surface area contributed by atoms with E-state index in [1.165, 1.54) is 10.1 Å². The monoisotopic (exact) mass is 288 g/mol. The molecule has 0 aliphatic rings. The Bertz CT molecular complexity index is 721. The Hall–Kier alpha value is -1.45. The van der Waals surface area contributed by atoms with Crippen molar-refractivity contribution in [3.05, 3.63) is 46.6 Å². The van der Waals surface area contributed by atoms with Crippen LogP contribution in [0.4, 0.5) is 0 Å². The van der Waals surface area contributed by atoms with Crippen LogP contribution in [-0.4, -0.2) is 9.97 Å². The topological polar surface area (TPSA) is 25.8 Å². The third kappa shape index (κ3) is 2.48. The van der Waals surface area contributed by atoms with Crippen molar-refractivity contribution in [2.45, 2.75) is 19.8 Å². The second-order valence-electron chi connectivity index (χ2n) is 4.40. The van der Waals surface area contributed by atoms with Crippen LogP contribution in [0.25, 0.3) is 21.5 Å². The van der Waals surface area contributed by atoms with Gasteiger partial charge in [-0.2, -0.15) is 0 Å². The summed E-state index contributed by atoms with van der Waals surface area (Å²) in [7, 11) is 0. The molecule has 0 N–H and O–H groups in total. The summed E-state index contributed by atoms with van der Waals surface area (Å²) in [6.07, 6.45) is 1.98. The highest BCUT2D eigenvalue weighted by Gasteiger charge is 2.10. The van der Waals surface area contributed by atoms with Crippen molar-refractivity contribution in [1.29, 1.82) is 0 Å². The SMILES string of the molecule is CCCc1cc(Cl)nc(-c2csc3ccccc23)n1. The van der Waals surface area contributed by atoms with Crippen LogP contribution >= 0.6 is 22.9 Å². The van der Waals surface area contributed by atoms with Crippen molar-refractivity contribution in [2.24, 2.45) is 0 Å². The Kier molecular flexibility index (Phi) is 3.49. The van der Waals surface area contributed by atoms with Gasteiger partial charge in [-0.3, -0.25) is 0 Å². The molecule has 0 aliphatic carbocycles. The summed E-state index contributed by atoms with van der Waals surface area (Å²) in [4.78, 5) is 9.00. The molecular formula is C15H13ClN2S. The molecule has 3 rings (SSSR count). The Morgan fingerprint density at radius 2 is 2.05 bits per heavy atom.